The van der Waals surface area contributed by atoms with Crippen molar-refractivity contribution >= 4 is 29.1 Å². The molecule has 1 fully saturated rings. The van der Waals surface area contributed by atoms with Crippen LogP contribution in [0.3, 0.4) is 0 Å². The van der Waals surface area contributed by atoms with E-state index in [1.807, 2.05) is 26.0 Å². The van der Waals surface area contributed by atoms with Crippen molar-refractivity contribution in [2.45, 2.75) is 32.7 Å². The second-order valence-electron chi connectivity index (χ2n) is 6.89. The quantitative estimate of drug-likeness (QED) is 0.856. The number of rotatable bonds is 5. The van der Waals surface area contributed by atoms with Gasteiger partial charge in [-0.25, -0.2) is 0 Å². The highest BCUT2D eigenvalue weighted by Crippen LogP contribution is 2.26. The number of halogens is 1. The summed E-state index contributed by atoms with van der Waals surface area (Å²) in [5.74, 6) is 0.300. The summed E-state index contributed by atoms with van der Waals surface area (Å²) >= 11 is 6.10. The van der Waals surface area contributed by atoms with E-state index >= 15 is 0 Å². The van der Waals surface area contributed by atoms with E-state index in [4.69, 9.17) is 16.3 Å². The molecule has 1 aliphatic rings. The van der Waals surface area contributed by atoms with Crippen LogP contribution in [0.5, 0.6) is 5.75 Å². The normalized spacial score (nSPS) is 16.5. The lowest BCUT2D eigenvalue weighted by atomic mass is 10.1. The van der Waals surface area contributed by atoms with Gasteiger partial charge in [0.1, 0.15) is 11.8 Å². The fraction of sp³-hybridized carbons (Fsp3) is 0.333. The maximum Gasteiger partial charge on any atom is 0.249 e. The van der Waals surface area contributed by atoms with Gasteiger partial charge in [-0.05, 0) is 61.2 Å². The van der Waals surface area contributed by atoms with Gasteiger partial charge in [0.05, 0.1) is 18.6 Å². The van der Waals surface area contributed by atoms with E-state index in [-0.39, 0.29) is 18.2 Å². The van der Waals surface area contributed by atoms with Crippen molar-refractivity contribution in [1.82, 2.24) is 5.32 Å². The maximum absolute atomic E-state index is 12.7. The van der Waals surface area contributed by atoms with Gasteiger partial charge in [0, 0.05) is 12.2 Å². The summed E-state index contributed by atoms with van der Waals surface area (Å²) in [5, 5.41) is 3.31. The van der Waals surface area contributed by atoms with Gasteiger partial charge in [-0.2, -0.15) is 0 Å². The van der Waals surface area contributed by atoms with Crippen LogP contribution in [0.2, 0.25) is 5.02 Å². The summed E-state index contributed by atoms with van der Waals surface area (Å²) in [6, 6.07) is 10.8. The second kappa shape index (κ2) is 8.01. The Bertz CT molecular complexity index is 861. The largest absolute Gasteiger partial charge is 0.495 e. The van der Waals surface area contributed by atoms with Crippen molar-refractivity contribution < 1.29 is 14.3 Å². The Morgan fingerprint density at radius 3 is 2.56 bits per heavy atom. The minimum atomic E-state index is -0.493. The molecule has 3 rings (SSSR count). The molecule has 1 heterocycles. The van der Waals surface area contributed by atoms with Gasteiger partial charge in [0.2, 0.25) is 11.8 Å². The third kappa shape index (κ3) is 4.42. The molecule has 2 aromatic rings. The molecule has 0 unspecified atom stereocenters. The van der Waals surface area contributed by atoms with Crippen LogP contribution < -0.4 is 15.0 Å². The zero-order valence-electron chi connectivity index (χ0n) is 15.7. The van der Waals surface area contributed by atoms with E-state index in [9.17, 15) is 9.59 Å². The number of carbonyl (C=O) groups is 2. The highest BCUT2D eigenvalue weighted by molar-refractivity contribution is 6.32. The van der Waals surface area contributed by atoms with Crippen LogP contribution in [0.15, 0.2) is 36.4 Å². The topological polar surface area (TPSA) is 58.6 Å². The van der Waals surface area contributed by atoms with E-state index in [1.165, 1.54) is 0 Å². The smallest absolute Gasteiger partial charge is 0.249 e. The van der Waals surface area contributed by atoms with Crippen LogP contribution in [0, 0.1) is 13.8 Å². The van der Waals surface area contributed by atoms with Gasteiger partial charge < -0.3 is 15.0 Å². The maximum atomic E-state index is 12.7. The van der Waals surface area contributed by atoms with Gasteiger partial charge in [-0.1, -0.05) is 23.7 Å². The van der Waals surface area contributed by atoms with Crippen LogP contribution in [-0.4, -0.2) is 31.5 Å². The van der Waals surface area contributed by atoms with E-state index in [0.717, 1.165) is 22.4 Å². The minimum Gasteiger partial charge on any atom is -0.495 e. The fourth-order valence-electron chi connectivity index (χ4n) is 3.43. The van der Waals surface area contributed by atoms with Crippen LogP contribution in [0.1, 0.15) is 23.1 Å². The van der Waals surface area contributed by atoms with Crippen LogP contribution in [-0.2, 0) is 16.0 Å². The first-order chi connectivity index (χ1) is 12.9. The highest BCUT2D eigenvalue weighted by Gasteiger charge is 2.33. The summed E-state index contributed by atoms with van der Waals surface area (Å²) in [6.45, 7) is 4.62. The standard InChI is InChI=1S/C21H23ClN2O3/c1-13-8-14(2)10-16(9-13)24-7-6-18(21(24)26)23-20(25)12-15-4-5-19(27-3)17(22)11-15/h4-5,8-11,18H,6-7,12H2,1-3H3,(H,23,25)/t18-/m0/s1. The Morgan fingerprint density at radius 2 is 1.93 bits per heavy atom. The lowest BCUT2D eigenvalue weighted by molar-refractivity contribution is -0.126. The molecule has 2 aromatic carbocycles. The second-order valence-corrected chi connectivity index (χ2v) is 7.30. The summed E-state index contributed by atoms with van der Waals surface area (Å²) in [6.07, 6.45) is 0.762. The Hall–Kier alpha value is -2.53. The summed E-state index contributed by atoms with van der Waals surface area (Å²) in [5.41, 5.74) is 3.88. The molecule has 0 aromatic heterocycles. The number of aryl methyl sites for hydroxylation is 2. The highest BCUT2D eigenvalue weighted by atomic mass is 35.5. The van der Waals surface area contributed by atoms with Gasteiger partial charge in [0.15, 0.2) is 0 Å². The molecular formula is C21H23ClN2O3. The molecule has 1 N–H and O–H groups in total. The lowest BCUT2D eigenvalue weighted by Crippen LogP contribution is -2.42. The molecule has 5 nitrogen and oxygen atoms in total. The average molecular weight is 387 g/mol. The molecule has 0 aliphatic carbocycles. The number of nitrogens with zero attached hydrogens (tertiary/aromatic N) is 1. The number of hydrogen-bond acceptors (Lipinski definition) is 3. The molecule has 1 atom stereocenters. The van der Waals surface area contributed by atoms with Crippen LogP contribution >= 0.6 is 11.6 Å². The fourth-order valence-corrected chi connectivity index (χ4v) is 3.71. The number of ether oxygens (including phenoxy) is 1. The lowest BCUT2D eigenvalue weighted by Gasteiger charge is -2.18. The third-order valence-corrected chi connectivity index (χ3v) is 4.94. The van der Waals surface area contributed by atoms with Crippen LogP contribution in [0.4, 0.5) is 5.69 Å². The molecule has 1 aliphatic heterocycles. The van der Waals surface area contributed by atoms with E-state index < -0.39 is 6.04 Å². The first-order valence-corrected chi connectivity index (χ1v) is 9.26. The monoisotopic (exact) mass is 386 g/mol. The molecule has 0 spiro atoms. The number of carbonyl (C=O) groups excluding carboxylic acids is 2. The predicted molar refractivity (Wildman–Crippen MR) is 107 cm³/mol. The number of hydrogen-bond donors (Lipinski definition) is 1. The van der Waals surface area contributed by atoms with Gasteiger partial charge >= 0.3 is 0 Å². The van der Waals surface area contributed by atoms with E-state index in [1.54, 1.807) is 30.2 Å². The Kier molecular flexibility index (Phi) is 5.71. The van der Waals surface area contributed by atoms with Crippen molar-refractivity contribution in [2.24, 2.45) is 0 Å². The zero-order chi connectivity index (χ0) is 19.6. The van der Waals surface area contributed by atoms with Gasteiger partial charge in [-0.15, -0.1) is 0 Å². The molecule has 2 amide bonds. The zero-order valence-corrected chi connectivity index (χ0v) is 16.5. The molecule has 1 saturated heterocycles. The minimum absolute atomic E-state index is 0.0684. The Morgan fingerprint density at radius 1 is 1.22 bits per heavy atom. The number of nitrogens with one attached hydrogen (secondary N) is 1. The predicted octanol–water partition coefficient (Wildman–Crippen LogP) is 3.43. The van der Waals surface area contributed by atoms with Crippen molar-refractivity contribution in [3.8, 4) is 5.75 Å². The molecule has 27 heavy (non-hydrogen) atoms. The van der Waals surface area contributed by atoms with Gasteiger partial charge in [-0.3, -0.25) is 9.59 Å². The first-order valence-electron chi connectivity index (χ1n) is 8.89. The molecule has 0 radical (unpaired) electrons. The first kappa shape index (κ1) is 19.2. The molecule has 6 heteroatoms. The van der Waals surface area contributed by atoms with Crippen molar-refractivity contribution in [3.63, 3.8) is 0 Å². The van der Waals surface area contributed by atoms with Gasteiger partial charge in [0.25, 0.3) is 0 Å². The van der Waals surface area contributed by atoms with Crippen LogP contribution in [0.25, 0.3) is 0 Å². The molecule has 0 bridgehead atoms. The number of benzene rings is 2. The average Bonchev–Trinajstić information content (AvgIpc) is 2.95. The van der Waals surface area contributed by atoms with E-state index in [0.29, 0.717) is 23.7 Å². The van der Waals surface area contributed by atoms with Crippen molar-refractivity contribution in [3.05, 3.63) is 58.1 Å². The summed E-state index contributed by atoms with van der Waals surface area (Å²) < 4.78 is 5.11. The third-order valence-electron chi connectivity index (χ3n) is 4.64. The number of methoxy groups -OCH3 is 1. The number of amides is 2. The SMILES string of the molecule is COc1ccc(CC(=O)N[C@H]2CCN(c3cc(C)cc(C)c3)C2=O)cc1Cl. The van der Waals surface area contributed by atoms with Crippen molar-refractivity contribution in [2.75, 3.05) is 18.6 Å². The molecular weight excluding hydrogens is 364 g/mol. The van der Waals surface area contributed by atoms with E-state index in [2.05, 4.69) is 11.4 Å². The van der Waals surface area contributed by atoms with Crippen molar-refractivity contribution in [1.29, 1.82) is 0 Å². The molecule has 142 valence electrons. The summed E-state index contributed by atoms with van der Waals surface area (Å²) in [7, 11) is 1.54. The Labute approximate surface area is 164 Å². The summed E-state index contributed by atoms with van der Waals surface area (Å²) in [4.78, 5) is 26.8. The Balaban J connectivity index is 1.63. The number of anilines is 1. The molecule has 0 saturated carbocycles.